The molecule has 2 heterocycles. The number of benzene rings is 1. The van der Waals surface area contributed by atoms with E-state index in [0.717, 1.165) is 44.7 Å². The molecule has 0 saturated carbocycles. The molecule has 1 unspecified atom stereocenters. The van der Waals surface area contributed by atoms with E-state index in [2.05, 4.69) is 48.8 Å². The van der Waals surface area contributed by atoms with Crippen molar-refractivity contribution in [2.24, 2.45) is 11.1 Å². The predicted molar refractivity (Wildman–Crippen MR) is 130 cm³/mol. The number of nitrogens with zero attached hydrogens (tertiary/aromatic N) is 2. The summed E-state index contributed by atoms with van der Waals surface area (Å²) in [5, 5.41) is 10.2. The molecule has 0 fully saturated rings. The van der Waals surface area contributed by atoms with E-state index in [9.17, 15) is 10.1 Å². The van der Waals surface area contributed by atoms with Gasteiger partial charge in [0.1, 0.15) is 5.82 Å². The Morgan fingerprint density at radius 3 is 2.55 bits per heavy atom. The van der Waals surface area contributed by atoms with Crippen molar-refractivity contribution in [2.45, 2.75) is 52.9 Å². The lowest BCUT2D eigenvalue weighted by Gasteiger charge is -2.43. The normalized spacial score (nSPS) is 20.7. The molecule has 0 amide bonds. The third-order valence-corrected chi connectivity index (χ3v) is 8.37. The van der Waals surface area contributed by atoms with Gasteiger partial charge in [-0.15, -0.1) is 11.3 Å². The van der Waals surface area contributed by atoms with E-state index in [4.69, 9.17) is 5.73 Å². The summed E-state index contributed by atoms with van der Waals surface area (Å²) in [6, 6.07) is 12.5. The molecule has 0 saturated heterocycles. The summed E-state index contributed by atoms with van der Waals surface area (Å²) in [6.07, 6.45) is 2.09. The van der Waals surface area contributed by atoms with Crippen LogP contribution in [0.3, 0.4) is 0 Å². The van der Waals surface area contributed by atoms with Crippen LogP contribution in [0.2, 0.25) is 0 Å². The number of anilines is 1. The van der Waals surface area contributed by atoms with Crippen molar-refractivity contribution in [3.63, 3.8) is 0 Å². The van der Waals surface area contributed by atoms with Gasteiger partial charge in [-0.3, -0.25) is 9.69 Å². The third-order valence-electron chi connectivity index (χ3n) is 6.06. The molecule has 2 aliphatic rings. The van der Waals surface area contributed by atoms with E-state index in [1.165, 1.54) is 4.88 Å². The highest BCUT2D eigenvalue weighted by molar-refractivity contribution is 9.10. The van der Waals surface area contributed by atoms with Gasteiger partial charge in [0.25, 0.3) is 0 Å². The van der Waals surface area contributed by atoms with Gasteiger partial charge in [-0.1, -0.05) is 38.5 Å². The van der Waals surface area contributed by atoms with Gasteiger partial charge < -0.3 is 5.73 Å². The number of aryl methyl sites for hydroxylation is 2. The van der Waals surface area contributed by atoms with E-state index >= 15 is 0 Å². The summed E-state index contributed by atoms with van der Waals surface area (Å²) < 4.78 is 1.03. The third kappa shape index (κ3) is 3.75. The smallest absolute Gasteiger partial charge is 0.162 e. The molecular weight excluding hydrogens is 470 g/mol. The number of allylic oxidation sites excluding steroid dienone is 3. The molecule has 1 aromatic carbocycles. The van der Waals surface area contributed by atoms with Crippen LogP contribution in [0.25, 0.3) is 0 Å². The first-order valence-electron chi connectivity index (χ1n) is 10.5. The number of nitrogens with two attached hydrogens (primary N) is 1. The number of carbonyl (C=O) groups excluding carboxylic acids is 1. The van der Waals surface area contributed by atoms with E-state index < -0.39 is 5.92 Å². The van der Waals surface area contributed by atoms with Crippen molar-refractivity contribution >= 4 is 38.7 Å². The van der Waals surface area contributed by atoms with E-state index in [1.54, 1.807) is 11.3 Å². The predicted octanol–water partition coefficient (Wildman–Crippen LogP) is 6.32. The molecule has 0 radical (unpaired) electrons. The number of nitriles is 1. The van der Waals surface area contributed by atoms with Gasteiger partial charge in [-0.25, -0.2) is 0 Å². The fraction of sp³-hybridized carbons (Fsp3) is 0.360. The largest absolute Gasteiger partial charge is 0.384 e. The van der Waals surface area contributed by atoms with Gasteiger partial charge >= 0.3 is 0 Å². The Morgan fingerprint density at radius 1 is 1.29 bits per heavy atom. The van der Waals surface area contributed by atoms with Crippen molar-refractivity contribution in [1.82, 2.24) is 0 Å². The van der Waals surface area contributed by atoms with Crippen molar-refractivity contribution in [3.8, 4) is 6.07 Å². The second-order valence-electron chi connectivity index (χ2n) is 9.09. The highest BCUT2D eigenvalue weighted by Gasteiger charge is 2.45. The maximum absolute atomic E-state index is 13.5. The Labute approximate surface area is 196 Å². The monoisotopic (exact) mass is 495 g/mol. The van der Waals surface area contributed by atoms with Crippen LogP contribution in [0.1, 0.15) is 54.8 Å². The minimum Gasteiger partial charge on any atom is -0.384 e. The molecule has 4 rings (SSSR count). The Bertz CT molecular complexity index is 1160. The van der Waals surface area contributed by atoms with Crippen molar-refractivity contribution < 1.29 is 4.79 Å². The van der Waals surface area contributed by atoms with Gasteiger partial charge in [0, 0.05) is 37.6 Å². The fourth-order valence-electron chi connectivity index (χ4n) is 4.59. The number of hydrogen-bond donors (Lipinski definition) is 1. The summed E-state index contributed by atoms with van der Waals surface area (Å²) in [7, 11) is 0. The molecule has 1 aromatic heterocycles. The SMILES string of the molecule is CCc1sc(C2C(C#N)=C(N)N(c3ccc(C)cc3)C3=C2C(=O)CC(C)(C)C3)cc1Br. The van der Waals surface area contributed by atoms with Crippen LogP contribution in [0.4, 0.5) is 5.69 Å². The standard InChI is InChI=1S/C25H26BrN3OS/c1-5-20-17(26)10-21(31-20)22-16(13-27)24(28)29(15-8-6-14(2)7-9-15)18-11-25(3,4)12-19(30)23(18)22/h6-10,22H,5,11-12,28H2,1-4H3. The van der Waals surface area contributed by atoms with Gasteiger partial charge in [-0.05, 0) is 59.3 Å². The maximum atomic E-state index is 13.5. The van der Waals surface area contributed by atoms with E-state index in [1.807, 2.05) is 36.1 Å². The van der Waals surface area contributed by atoms with Gasteiger partial charge in [-0.2, -0.15) is 5.26 Å². The molecule has 1 aliphatic carbocycles. The Kier molecular flexibility index (Phi) is 5.61. The van der Waals surface area contributed by atoms with Gasteiger partial charge in [0.2, 0.25) is 0 Å². The average Bonchev–Trinajstić information content (AvgIpc) is 3.07. The summed E-state index contributed by atoms with van der Waals surface area (Å²) in [5.74, 6) is 0.117. The highest BCUT2D eigenvalue weighted by Crippen LogP contribution is 2.51. The molecule has 6 heteroatoms. The molecule has 0 spiro atoms. The molecule has 1 aliphatic heterocycles. The molecule has 31 heavy (non-hydrogen) atoms. The van der Waals surface area contributed by atoms with Crippen LogP contribution in [0.15, 0.2) is 57.5 Å². The second-order valence-corrected chi connectivity index (χ2v) is 11.1. The fourth-order valence-corrected chi connectivity index (χ4v) is 6.63. The van der Waals surface area contributed by atoms with Crippen molar-refractivity contribution in [1.29, 1.82) is 5.26 Å². The minimum atomic E-state index is -0.410. The second kappa shape index (κ2) is 7.96. The average molecular weight is 496 g/mol. The molecule has 4 nitrogen and oxygen atoms in total. The van der Waals surface area contributed by atoms with Crippen LogP contribution in [0, 0.1) is 23.7 Å². The molecule has 2 N–H and O–H groups in total. The molecule has 160 valence electrons. The Hall–Kier alpha value is -2.36. The number of carbonyl (C=O) groups is 1. The lowest BCUT2D eigenvalue weighted by atomic mass is 9.69. The number of ketones is 1. The van der Waals surface area contributed by atoms with Crippen molar-refractivity contribution in [2.75, 3.05) is 4.90 Å². The molecule has 1 atom stereocenters. The maximum Gasteiger partial charge on any atom is 0.162 e. The van der Waals surface area contributed by atoms with Crippen LogP contribution in [-0.4, -0.2) is 5.78 Å². The number of Topliss-reactive ketones (excluding diaryl/α,β-unsaturated/α-hetero) is 1. The highest BCUT2D eigenvalue weighted by atomic mass is 79.9. The minimum absolute atomic E-state index is 0.108. The number of rotatable bonds is 3. The van der Waals surface area contributed by atoms with Gasteiger partial charge in [0.15, 0.2) is 5.78 Å². The number of halogens is 1. The van der Waals surface area contributed by atoms with Crippen LogP contribution in [0.5, 0.6) is 0 Å². The zero-order chi connectivity index (χ0) is 22.5. The Morgan fingerprint density at radius 2 is 1.97 bits per heavy atom. The van der Waals surface area contributed by atoms with E-state index in [0.29, 0.717) is 17.8 Å². The molecule has 2 aromatic rings. The number of hydrogen-bond acceptors (Lipinski definition) is 5. The van der Waals surface area contributed by atoms with Gasteiger partial charge in [0.05, 0.1) is 17.6 Å². The lowest BCUT2D eigenvalue weighted by Crippen LogP contribution is -2.42. The first kappa shape index (κ1) is 21.9. The summed E-state index contributed by atoms with van der Waals surface area (Å²) in [4.78, 5) is 17.7. The summed E-state index contributed by atoms with van der Waals surface area (Å²) >= 11 is 5.30. The van der Waals surface area contributed by atoms with Crippen molar-refractivity contribution in [3.05, 3.63) is 72.8 Å². The van der Waals surface area contributed by atoms with Crippen LogP contribution >= 0.6 is 27.3 Å². The van der Waals surface area contributed by atoms with Crippen LogP contribution < -0.4 is 10.6 Å². The first-order chi connectivity index (χ1) is 14.7. The van der Waals surface area contributed by atoms with Crippen LogP contribution in [-0.2, 0) is 11.2 Å². The topological polar surface area (TPSA) is 70.1 Å². The lowest BCUT2D eigenvalue weighted by molar-refractivity contribution is -0.118. The number of thiophene rings is 1. The first-order valence-corrected chi connectivity index (χ1v) is 12.1. The Balaban J connectivity index is 1.99. The zero-order valence-electron chi connectivity index (χ0n) is 18.3. The quantitative estimate of drug-likeness (QED) is 0.540. The zero-order valence-corrected chi connectivity index (χ0v) is 20.7. The molecule has 0 bridgehead atoms. The molecular formula is C25H26BrN3OS. The summed E-state index contributed by atoms with van der Waals surface area (Å²) in [5.41, 5.74) is 10.6. The van der Waals surface area contributed by atoms with E-state index in [-0.39, 0.29) is 11.2 Å². The summed E-state index contributed by atoms with van der Waals surface area (Å²) in [6.45, 7) is 8.38.